The zero-order chi connectivity index (χ0) is 13.7. The van der Waals surface area contributed by atoms with Crippen LogP contribution >= 0.6 is 0 Å². The van der Waals surface area contributed by atoms with E-state index in [2.05, 4.69) is 27.7 Å². The van der Waals surface area contributed by atoms with Crippen LogP contribution < -0.4 is 5.19 Å². The van der Waals surface area contributed by atoms with Gasteiger partial charge in [0.25, 0.3) is 0 Å². The number of rotatable bonds is 6. The molecule has 0 heterocycles. The Balaban J connectivity index is 2.87. The molecule has 0 aliphatic rings. The van der Waals surface area contributed by atoms with Crippen LogP contribution in [0.15, 0.2) is 24.3 Å². The molecule has 1 rings (SSSR count). The molecule has 1 aromatic carbocycles. The largest absolute Gasteiger partial charge is 0.478 e. The molecule has 0 amide bonds. The van der Waals surface area contributed by atoms with Gasteiger partial charge in [-0.3, -0.25) is 0 Å². The van der Waals surface area contributed by atoms with Gasteiger partial charge in [0.2, 0.25) is 0 Å². The topological polar surface area (TPSA) is 37.3 Å². The normalized spacial score (nSPS) is 11.5. The maximum Gasteiger partial charge on any atom is 0.335 e. The molecule has 1 radical (unpaired) electrons. The first-order chi connectivity index (χ1) is 8.40. The Morgan fingerprint density at radius 2 is 1.50 bits per heavy atom. The minimum absolute atomic E-state index is 0.384. The van der Waals surface area contributed by atoms with E-state index in [1.165, 1.54) is 17.3 Å². The van der Waals surface area contributed by atoms with Gasteiger partial charge in [0.1, 0.15) is 0 Å². The summed E-state index contributed by atoms with van der Waals surface area (Å²) in [6.45, 7) is 9.04. The van der Waals surface area contributed by atoms with Crippen molar-refractivity contribution in [3.05, 3.63) is 29.8 Å². The van der Waals surface area contributed by atoms with Crippen molar-refractivity contribution >= 4 is 20.0 Å². The van der Waals surface area contributed by atoms with Crippen molar-refractivity contribution in [2.24, 2.45) is 11.8 Å². The molecule has 99 valence electrons. The predicted molar refractivity (Wildman–Crippen MR) is 78.1 cm³/mol. The maximum atomic E-state index is 10.8. The van der Waals surface area contributed by atoms with Crippen LogP contribution in [0.2, 0.25) is 12.1 Å². The number of carbonyl (C=O) groups is 1. The number of carboxylic acids is 1. The summed E-state index contributed by atoms with van der Waals surface area (Å²) in [5, 5.41) is 10.3. The number of hydrogen-bond acceptors (Lipinski definition) is 1. The summed E-state index contributed by atoms with van der Waals surface area (Å²) in [4.78, 5) is 10.8. The highest BCUT2D eigenvalue weighted by Gasteiger charge is 2.17. The highest BCUT2D eigenvalue weighted by atomic mass is 28.3. The van der Waals surface area contributed by atoms with Crippen molar-refractivity contribution in [2.45, 2.75) is 39.8 Å². The SMILES string of the molecule is CC(C)C[Si](CC(C)C)c1ccc(C(=O)O)cc1. The number of carboxylic acid groups (broad SMARTS) is 1. The maximum absolute atomic E-state index is 10.8. The lowest BCUT2D eigenvalue weighted by Gasteiger charge is -2.19. The summed E-state index contributed by atoms with van der Waals surface area (Å²) in [6.07, 6.45) is 0. The van der Waals surface area contributed by atoms with E-state index in [1.807, 2.05) is 12.1 Å². The van der Waals surface area contributed by atoms with E-state index in [1.54, 1.807) is 12.1 Å². The van der Waals surface area contributed by atoms with Crippen LogP contribution in [0.3, 0.4) is 0 Å². The molecule has 0 aliphatic heterocycles. The summed E-state index contributed by atoms with van der Waals surface area (Å²) in [6, 6.07) is 10.0. The lowest BCUT2D eigenvalue weighted by Crippen LogP contribution is -2.32. The molecular weight excluding hydrogens is 240 g/mol. The van der Waals surface area contributed by atoms with Gasteiger partial charge in [-0.15, -0.1) is 0 Å². The fourth-order valence-corrected chi connectivity index (χ4v) is 5.40. The fourth-order valence-electron chi connectivity index (χ4n) is 2.15. The van der Waals surface area contributed by atoms with E-state index in [4.69, 9.17) is 5.11 Å². The van der Waals surface area contributed by atoms with Crippen LogP contribution in [0.5, 0.6) is 0 Å². The summed E-state index contributed by atoms with van der Waals surface area (Å²) in [7, 11) is -0.556. The van der Waals surface area contributed by atoms with Crippen molar-refractivity contribution in [3.63, 3.8) is 0 Å². The highest BCUT2D eigenvalue weighted by Crippen LogP contribution is 2.15. The van der Waals surface area contributed by atoms with Crippen LogP contribution in [-0.2, 0) is 0 Å². The van der Waals surface area contributed by atoms with Gasteiger partial charge in [0, 0.05) is 0 Å². The number of hydrogen-bond donors (Lipinski definition) is 1. The molecule has 0 fully saturated rings. The number of benzene rings is 1. The summed E-state index contributed by atoms with van der Waals surface area (Å²) in [5.41, 5.74) is 0.384. The summed E-state index contributed by atoms with van der Waals surface area (Å²) >= 11 is 0. The molecule has 0 aromatic heterocycles. The van der Waals surface area contributed by atoms with Crippen molar-refractivity contribution in [2.75, 3.05) is 0 Å². The predicted octanol–water partition coefficient (Wildman–Crippen LogP) is 3.40. The lowest BCUT2D eigenvalue weighted by atomic mass is 10.2. The van der Waals surface area contributed by atoms with Crippen LogP contribution in [0.1, 0.15) is 38.1 Å². The van der Waals surface area contributed by atoms with Gasteiger partial charge in [-0.25, -0.2) is 4.79 Å². The Bertz CT molecular complexity index is 372. The minimum atomic E-state index is -0.844. The first-order valence-electron chi connectivity index (χ1n) is 6.58. The molecule has 0 saturated carbocycles. The average Bonchev–Trinajstić information content (AvgIpc) is 2.27. The van der Waals surface area contributed by atoms with Gasteiger partial charge in [0.05, 0.1) is 14.4 Å². The van der Waals surface area contributed by atoms with E-state index < -0.39 is 14.8 Å². The molecule has 1 N–H and O–H groups in total. The molecule has 0 bridgehead atoms. The van der Waals surface area contributed by atoms with Gasteiger partial charge in [-0.1, -0.05) is 57.1 Å². The van der Waals surface area contributed by atoms with Gasteiger partial charge in [-0.2, -0.15) is 0 Å². The number of aromatic carboxylic acids is 1. The average molecular weight is 263 g/mol. The standard InChI is InChI=1S/C15H23O2Si/c1-11(2)9-18(10-12(3)4)14-7-5-13(6-8-14)15(16)17/h5-8,11-12H,9-10H2,1-4H3,(H,16,17). The fraction of sp³-hybridized carbons (Fsp3) is 0.533. The second-order valence-electron chi connectivity index (χ2n) is 5.68. The van der Waals surface area contributed by atoms with Gasteiger partial charge in [0.15, 0.2) is 0 Å². The first-order valence-corrected chi connectivity index (χ1v) is 8.50. The van der Waals surface area contributed by atoms with Crippen LogP contribution in [-0.4, -0.2) is 19.9 Å². The molecule has 2 nitrogen and oxygen atoms in total. The molecule has 0 spiro atoms. The molecule has 0 aliphatic carbocycles. The van der Waals surface area contributed by atoms with Crippen molar-refractivity contribution in [3.8, 4) is 0 Å². The van der Waals surface area contributed by atoms with Crippen LogP contribution in [0, 0.1) is 11.8 Å². The molecule has 0 unspecified atom stereocenters. The first kappa shape index (κ1) is 15.0. The van der Waals surface area contributed by atoms with E-state index in [-0.39, 0.29) is 0 Å². The Hall–Kier alpha value is -1.09. The van der Waals surface area contributed by atoms with Crippen molar-refractivity contribution in [1.29, 1.82) is 0 Å². The Kier molecular flexibility index (Phi) is 5.60. The molecular formula is C15H23O2Si. The van der Waals surface area contributed by atoms with Gasteiger partial charge < -0.3 is 5.11 Å². The van der Waals surface area contributed by atoms with E-state index >= 15 is 0 Å². The van der Waals surface area contributed by atoms with Crippen molar-refractivity contribution in [1.82, 2.24) is 0 Å². The molecule has 0 atom stereocenters. The monoisotopic (exact) mass is 263 g/mol. The van der Waals surface area contributed by atoms with Gasteiger partial charge >= 0.3 is 5.97 Å². The zero-order valence-corrected chi connectivity index (χ0v) is 12.7. The third kappa shape index (κ3) is 4.65. The zero-order valence-electron chi connectivity index (χ0n) is 11.7. The molecule has 18 heavy (non-hydrogen) atoms. The van der Waals surface area contributed by atoms with Crippen LogP contribution in [0.25, 0.3) is 0 Å². The quantitative estimate of drug-likeness (QED) is 0.799. The van der Waals surface area contributed by atoms with Gasteiger partial charge in [-0.05, 0) is 24.0 Å². The molecule has 3 heteroatoms. The van der Waals surface area contributed by atoms with E-state index in [9.17, 15) is 4.79 Å². The second kappa shape index (κ2) is 6.74. The second-order valence-corrected chi connectivity index (χ2v) is 8.28. The third-order valence-electron chi connectivity index (χ3n) is 2.85. The summed E-state index contributed by atoms with van der Waals surface area (Å²) < 4.78 is 0. The summed E-state index contributed by atoms with van der Waals surface area (Å²) in [5.74, 6) is 0.566. The van der Waals surface area contributed by atoms with E-state index in [0.717, 1.165) is 0 Å². The minimum Gasteiger partial charge on any atom is -0.478 e. The molecule has 0 saturated heterocycles. The smallest absolute Gasteiger partial charge is 0.335 e. The Morgan fingerprint density at radius 3 is 1.83 bits per heavy atom. The lowest BCUT2D eigenvalue weighted by molar-refractivity contribution is 0.0697. The van der Waals surface area contributed by atoms with Crippen LogP contribution in [0.4, 0.5) is 0 Å². The van der Waals surface area contributed by atoms with Crippen molar-refractivity contribution < 1.29 is 9.90 Å². The molecule has 1 aromatic rings. The third-order valence-corrected chi connectivity index (χ3v) is 6.62. The van der Waals surface area contributed by atoms with E-state index in [0.29, 0.717) is 17.4 Å². The Morgan fingerprint density at radius 1 is 1.06 bits per heavy atom. The highest BCUT2D eigenvalue weighted by molar-refractivity contribution is 6.73. The Labute approximate surface area is 112 Å².